The molecule has 1 rings (SSSR count). The minimum Gasteiger partial charge on any atom is -0.304 e. The van der Waals surface area contributed by atoms with Crippen molar-refractivity contribution in [1.29, 1.82) is 0 Å². The quantitative estimate of drug-likeness (QED) is 0.413. The van der Waals surface area contributed by atoms with Gasteiger partial charge in [-0.15, -0.1) is 11.8 Å². The van der Waals surface area contributed by atoms with Crippen LogP contribution < -0.4 is 0 Å². The van der Waals surface area contributed by atoms with E-state index in [1.165, 1.54) is 61.8 Å². The van der Waals surface area contributed by atoms with Crippen LogP contribution in [0.5, 0.6) is 0 Å². The summed E-state index contributed by atoms with van der Waals surface area (Å²) in [5, 5.41) is 1.18. The van der Waals surface area contributed by atoms with Gasteiger partial charge in [0.15, 0.2) is 0 Å². The molecular weight excluding hydrogens is 276 g/mol. The van der Waals surface area contributed by atoms with Gasteiger partial charge in [-0.1, -0.05) is 46.6 Å². The molecular formula is C18H32N2S. The standard InChI is InChI=1S/C18H32N2S/c1-5-20(6-2)14-9-7-8-10-15-21-18-13-11-12-17(19-18)16(3)4/h11-13,16H,5-10,14-15H2,1-4H3. The van der Waals surface area contributed by atoms with Crippen LogP contribution in [0, 0.1) is 0 Å². The lowest BCUT2D eigenvalue weighted by atomic mass is 10.1. The van der Waals surface area contributed by atoms with E-state index in [1.54, 1.807) is 0 Å². The number of hydrogen-bond donors (Lipinski definition) is 0. The van der Waals surface area contributed by atoms with E-state index in [-0.39, 0.29) is 0 Å². The summed E-state index contributed by atoms with van der Waals surface area (Å²) in [6.07, 6.45) is 5.35. The molecule has 1 aromatic heterocycles. The Balaban J connectivity index is 2.10. The molecule has 0 fully saturated rings. The second kappa shape index (κ2) is 11.1. The molecule has 0 spiro atoms. The van der Waals surface area contributed by atoms with Gasteiger partial charge >= 0.3 is 0 Å². The van der Waals surface area contributed by atoms with E-state index < -0.39 is 0 Å². The lowest BCUT2D eigenvalue weighted by Gasteiger charge is -2.17. The van der Waals surface area contributed by atoms with Gasteiger partial charge in [0.2, 0.25) is 0 Å². The summed E-state index contributed by atoms with van der Waals surface area (Å²) >= 11 is 1.90. The minimum atomic E-state index is 0.519. The summed E-state index contributed by atoms with van der Waals surface area (Å²) in [6.45, 7) is 12.5. The van der Waals surface area contributed by atoms with Crippen molar-refractivity contribution in [2.45, 2.75) is 64.3 Å². The van der Waals surface area contributed by atoms with E-state index in [2.05, 4.69) is 50.8 Å². The van der Waals surface area contributed by atoms with Crippen LogP contribution in [0.3, 0.4) is 0 Å². The van der Waals surface area contributed by atoms with Gasteiger partial charge in [-0.3, -0.25) is 0 Å². The fourth-order valence-electron chi connectivity index (χ4n) is 2.34. The van der Waals surface area contributed by atoms with E-state index in [9.17, 15) is 0 Å². The third-order valence-corrected chi connectivity index (χ3v) is 4.87. The largest absolute Gasteiger partial charge is 0.304 e. The van der Waals surface area contributed by atoms with Crippen LogP contribution in [0.1, 0.15) is 65.0 Å². The topological polar surface area (TPSA) is 16.1 Å². The van der Waals surface area contributed by atoms with Crippen LogP contribution >= 0.6 is 11.8 Å². The van der Waals surface area contributed by atoms with Crippen molar-refractivity contribution < 1.29 is 0 Å². The highest BCUT2D eigenvalue weighted by Gasteiger charge is 2.03. The summed E-state index contributed by atoms with van der Waals surface area (Å²) in [6, 6.07) is 6.40. The Morgan fingerprint density at radius 3 is 2.43 bits per heavy atom. The van der Waals surface area contributed by atoms with E-state index in [1.807, 2.05) is 11.8 Å². The molecule has 0 bridgehead atoms. The van der Waals surface area contributed by atoms with E-state index in [0.717, 1.165) is 0 Å². The highest BCUT2D eigenvalue weighted by Crippen LogP contribution is 2.20. The lowest BCUT2D eigenvalue weighted by Crippen LogP contribution is -2.23. The molecule has 2 nitrogen and oxygen atoms in total. The zero-order chi connectivity index (χ0) is 15.5. The summed E-state index contributed by atoms with van der Waals surface area (Å²) in [7, 11) is 0. The van der Waals surface area contributed by atoms with Crippen molar-refractivity contribution in [3.63, 3.8) is 0 Å². The Hall–Kier alpha value is -0.540. The van der Waals surface area contributed by atoms with Gasteiger partial charge < -0.3 is 4.90 Å². The van der Waals surface area contributed by atoms with Crippen molar-refractivity contribution in [3.8, 4) is 0 Å². The highest BCUT2D eigenvalue weighted by atomic mass is 32.2. The molecule has 1 aromatic rings. The molecule has 0 aromatic carbocycles. The van der Waals surface area contributed by atoms with Crippen LogP contribution in [0.4, 0.5) is 0 Å². The van der Waals surface area contributed by atoms with Crippen LogP contribution in [0.2, 0.25) is 0 Å². The van der Waals surface area contributed by atoms with Crippen molar-refractivity contribution in [1.82, 2.24) is 9.88 Å². The molecule has 0 aliphatic heterocycles. The molecule has 0 N–H and O–H groups in total. The third-order valence-electron chi connectivity index (χ3n) is 3.85. The number of unbranched alkanes of at least 4 members (excludes halogenated alkanes) is 3. The predicted molar refractivity (Wildman–Crippen MR) is 95.3 cm³/mol. The monoisotopic (exact) mass is 308 g/mol. The number of aromatic nitrogens is 1. The Morgan fingerprint density at radius 1 is 1.05 bits per heavy atom. The smallest absolute Gasteiger partial charge is 0.0963 e. The number of hydrogen-bond acceptors (Lipinski definition) is 3. The van der Waals surface area contributed by atoms with E-state index in [0.29, 0.717) is 5.92 Å². The molecule has 0 amide bonds. The van der Waals surface area contributed by atoms with Crippen LogP contribution in [-0.4, -0.2) is 35.3 Å². The Bertz CT molecular complexity index is 375. The molecule has 0 aliphatic carbocycles. The first kappa shape index (κ1) is 18.5. The molecule has 1 heterocycles. The van der Waals surface area contributed by atoms with Gasteiger partial charge in [0.1, 0.15) is 0 Å². The first-order chi connectivity index (χ1) is 10.2. The maximum absolute atomic E-state index is 4.71. The van der Waals surface area contributed by atoms with Gasteiger partial charge in [0, 0.05) is 5.69 Å². The Morgan fingerprint density at radius 2 is 1.76 bits per heavy atom. The van der Waals surface area contributed by atoms with E-state index >= 15 is 0 Å². The summed E-state index contributed by atoms with van der Waals surface area (Å²) in [5.41, 5.74) is 1.21. The van der Waals surface area contributed by atoms with Gasteiger partial charge in [-0.25, -0.2) is 4.98 Å². The average molecular weight is 309 g/mol. The van der Waals surface area contributed by atoms with Crippen molar-refractivity contribution in [2.75, 3.05) is 25.4 Å². The van der Waals surface area contributed by atoms with Gasteiger partial charge in [0.25, 0.3) is 0 Å². The second-order valence-corrected chi connectivity index (χ2v) is 6.96. The summed E-state index contributed by atoms with van der Waals surface area (Å²) in [4.78, 5) is 7.22. The summed E-state index contributed by atoms with van der Waals surface area (Å²) < 4.78 is 0. The molecule has 0 atom stereocenters. The van der Waals surface area contributed by atoms with Gasteiger partial charge in [-0.2, -0.15) is 0 Å². The van der Waals surface area contributed by atoms with Gasteiger partial charge in [-0.05, 0) is 56.3 Å². The van der Waals surface area contributed by atoms with Crippen molar-refractivity contribution in [3.05, 3.63) is 23.9 Å². The number of rotatable bonds is 11. The predicted octanol–water partition coefficient (Wildman–Crippen LogP) is 5.20. The number of nitrogens with zero attached hydrogens (tertiary/aromatic N) is 2. The van der Waals surface area contributed by atoms with Gasteiger partial charge in [0.05, 0.1) is 5.03 Å². The molecule has 0 saturated carbocycles. The normalized spacial score (nSPS) is 11.5. The molecule has 0 unspecified atom stereocenters. The number of pyridine rings is 1. The average Bonchev–Trinajstić information content (AvgIpc) is 2.50. The van der Waals surface area contributed by atoms with Crippen molar-refractivity contribution >= 4 is 11.8 Å². The zero-order valence-electron chi connectivity index (χ0n) is 14.3. The first-order valence-corrected chi connectivity index (χ1v) is 9.48. The first-order valence-electron chi connectivity index (χ1n) is 8.49. The maximum Gasteiger partial charge on any atom is 0.0963 e. The Labute approximate surface area is 135 Å². The molecule has 21 heavy (non-hydrogen) atoms. The second-order valence-electron chi connectivity index (χ2n) is 5.84. The van der Waals surface area contributed by atoms with Crippen LogP contribution in [0.15, 0.2) is 23.2 Å². The molecule has 120 valence electrons. The van der Waals surface area contributed by atoms with E-state index in [4.69, 9.17) is 4.98 Å². The zero-order valence-corrected chi connectivity index (χ0v) is 15.1. The fraction of sp³-hybridized carbons (Fsp3) is 0.722. The maximum atomic E-state index is 4.71. The third kappa shape index (κ3) is 7.87. The molecule has 0 aliphatic rings. The molecule has 0 saturated heterocycles. The van der Waals surface area contributed by atoms with Crippen LogP contribution in [-0.2, 0) is 0 Å². The molecule has 3 heteroatoms. The van der Waals surface area contributed by atoms with Crippen LogP contribution in [0.25, 0.3) is 0 Å². The van der Waals surface area contributed by atoms with Crippen molar-refractivity contribution in [2.24, 2.45) is 0 Å². The Kier molecular flexibility index (Phi) is 9.77. The fourth-order valence-corrected chi connectivity index (χ4v) is 3.24. The lowest BCUT2D eigenvalue weighted by molar-refractivity contribution is 0.296. The number of thioether (sulfide) groups is 1. The SMILES string of the molecule is CCN(CC)CCCCCCSc1cccc(C(C)C)n1. The minimum absolute atomic E-state index is 0.519. The molecule has 0 radical (unpaired) electrons. The summed E-state index contributed by atoms with van der Waals surface area (Å²) in [5.74, 6) is 1.71. The highest BCUT2D eigenvalue weighted by molar-refractivity contribution is 7.99.